The molecule has 1 atom stereocenters. The van der Waals surface area contributed by atoms with Gasteiger partial charge in [0.1, 0.15) is 8.80 Å². The molecule has 0 amide bonds. The highest BCUT2D eigenvalue weighted by Gasteiger charge is 2.14. The van der Waals surface area contributed by atoms with Crippen molar-refractivity contribution < 1.29 is 4.74 Å². The molecule has 1 aromatic rings. The van der Waals surface area contributed by atoms with E-state index in [2.05, 4.69) is 49.8 Å². The maximum absolute atomic E-state index is 5.33. The van der Waals surface area contributed by atoms with Gasteiger partial charge in [0.2, 0.25) is 0 Å². The molecular formula is C13H21NOSi. The molecule has 0 fully saturated rings. The zero-order chi connectivity index (χ0) is 12.0. The summed E-state index contributed by atoms with van der Waals surface area (Å²) in [6.07, 6.45) is 3.91. The quantitative estimate of drug-likeness (QED) is 0.684. The minimum Gasteiger partial charge on any atom is -0.388 e. The smallest absolute Gasteiger partial charge is 0.114 e. The Hall–Kier alpha value is -0.903. The number of hydrogen-bond donors (Lipinski definition) is 0. The Labute approximate surface area is 100 Å². The summed E-state index contributed by atoms with van der Waals surface area (Å²) in [6.45, 7) is 3.77. The van der Waals surface area contributed by atoms with Gasteiger partial charge in [-0.15, -0.1) is 0 Å². The van der Waals surface area contributed by atoms with Crippen LogP contribution in [0.1, 0.15) is 5.56 Å². The largest absolute Gasteiger partial charge is 0.388 e. The van der Waals surface area contributed by atoms with Crippen LogP contribution in [0.3, 0.4) is 0 Å². The van der Waals surface area contributed by atoms with E-state index >= 15 is 0 Å². The van der Waals surface area contributed by atoms with E-state index in [9.17, 15) is 0 Å². The van der Waals surface area contributed by atoms with Crippen LogP contribution in [-0.2, 0) is 4.74 Å². The fourth-order valence-corrected chi connectivity index (χ4v) is 4.33. The highest BCUT2D eigenvalue weighted by Crippen LogP contribution is 2.00. The third-order valence-corrected chi connectivity index (χ3v) is 5.83. The first kappa shape index (κ1) is 13.2. The second kappa shape index (κ2) is 6.63. The van der Waals surface area contributed by atoms with Crippen molar-refractivity contribution >= 4 is 20.1 Å². The molecule has 16 heavy (non-hydrogen) atoms. The van der Waals surface area contributed by atoms with Gasteiger partial charge in [0, 0.05) is 13.3 Å². The maximum atomic E-state index is 5.33. The number of nitrogens with zero attached hydrogens (tertiary/aromatic N) is 1. The lowest BCUT2D eigenvalue weighted by Gasteiger charge is -2.19. The Morgan fingerprint density at radius 1 is 1.31 bits per heavy atom. The number of hydrogen-bond acceptors (Lipinski definition) is 2. The van der Waals surface area contributed by atoms with Crippen molar-refractivity contribution in [1.29, 1.82) is 0 Å². The molecule has 0 aliphatic carbocycles. The van der Waals surface area contributed by atoms with Gasteiger partial charge in [0.25, 0.3) is 0 Å². The van der Waals surface area contributed by atoms with Crippen LogP contribution < -0.4 is 5.19 Å². The van der Waals surface area contributed by atoms with Crippen LogP contribution in [0.4, 0.5) is 0 Å². The Kier molecular flexibility index (Phi) is 5.45. The summed E-state index contributed by atoms with van der Waals surface area (Å²) in [5.41, 5.74) is 1.18. The molecule has 0 heterocycles. The van der Waals surface area contributed by atoms with Crippen molar-refractivity contribution in [2.24, 2.45) is 0 Å². The summed E-state index contributed by atoms with van der Waals surface area (Å²) >= 11 is 0. The van der Waals surface area contributed by atoms with Gasteiger partial charge in [0.05, 0.1) is 0 Å². The Balaban J connectivity index is 2.78. The molecule has 0 saturated heterocycles. The van der Waals surface area contributed by atoms with Crippen LogP contribution in [0.25, 0.3) is 6.08 Å². The van der Waals surface area contributed by atoms with Crippen LogP contribution >= 0.6 is 0 Å². The van der Waals surface area contributed by atoms with E-state index in [1.807, 2.05) is 6.08 Å². The standard InChI is InChI=1S/C13H21NOSi/c1-5-12-6-8-13(9-7-12)16(11-15-4)10-14(2)3/h5-9,16H,1,10-11H2,2-4H3. The molecule has 0 aliphatic rings. The molecule has 1 rings (SSSR count). The van der Waals surface area contributed by atoms with Gasteiger partial charge in [-0.3, -0.25) is 0 Å². The molecule has 0 bridgehead atoms. The zero-order valence-electron chi connectivity index (χ0n) is 10.4. The summed E-state index contributed by atoms with van der Waals surface area (Å²) in [5.74, 6) is 0. The third kappa shape index (κ3) is 3.93. The average Bonchev–Trinajstić information content (AvgIpc) is 2.28. The normalized spacial score (nSPS) is 12.8. The number of rotatable bonds is 6. The Morgan fingerprint density at radius 2 is 1.94 bits per heavy atom. The van der Waals surface area contributed by atoms with Crippen molar-refractivity contribution in [2.75, 3.05) is 33.6 Å². The molecule has 0 N–H and O–H groups in total. The molecule has 2 nitrogen and oxygen atoms in total. The van der Waals surface area contributed by atoms with E-state index in [1.54, 1.807) is 7.11 Å². The SMILES string of the molecule is C=Cc1ccc([SiH](COC)CN(C)C)cc1. The second-order valence-corrected chi connectivity index (χ2v) is 7.04. The van der Waals surface area contributed by atoms with Crippen LogP contribution in [0.5, 0.6) is 0 Å². The molecule has 0 radical (unpaired) electrons. The van der Waals surface area contributed by atoms with Crippen molar-refractivity contribution in [2.45, 2.75) is 0 Å². The predicted molar refractivity (Wildman–Crippen MR) is 73.7 cm³/mol. The molecule has 0 saturated carbocycles. The minimum atomic E-state index is -1.01. The van der Waals surface area contributed by atoms with Gasteiger partial charge >= 0.3 is 0 Å². The van der Waals surface area contributed by atoms with E-state index < -0.39 is 8.80 Å². The monoisotopic (exact) mass is 235 g/mol. The van der Waals surface area contributed by atoms with Gasteiger partial charge < -0.3 is 9.64 Å². The molecular weight excluding hydrogens is 214 g/mol. The maximum Gasteiger partial charge on any atom is 0.114 e. The van der Waals surface area contributed by atoms with Gasteiger partial charge in [-0.2, -0.15) is 0 Å². The highest BCUT2D eigenvalue weighted by molar-refractivity contribution is 6.73. The van der Waals surface area contributed by atoms with E-state index in [-0.39, 0.29) is 0 Å². The molecule has 0 aromatic heterocycles. The van der Waals surface area contributed by atoms with Crippen molar-refractivity contribution in [3.05, 3.63) is 36.4 Å². The van der Waals surface area contributed by atoms with E-state index in [0.29, 0.717) is 0 Å². The van der Waals surface area contributed by atoms with Crippen molar-refractivity contribution in [3.63, 3.8) is 0 Å². The summed E-state index contributed by atoms with van der Waals surface area (Å²) in [7, 11) is 5.01. The molecule has 0 aliphatic heterocycles. The summed E-state index contributed by atoms with van der Waals surface area (Å²) in [5, 5.41) is 1.46. The average molecular weight is 235 g/mol. The highest BCUT2D eigenvalue weighted by atomic mass is 28.3. The molecule has 0 spiro atoms. The van der Waals surface area contributed by atoms with Gasteiger partial charge in [-0.05, 0) is 25.8 Å². The van der Waals surface area contributed by atoms with Crippen LogP contribution in [0.2, 0.25) is 0 Å². The zero-order valence-corrected chi connectivity index (χ0v) is 11.6. The van der Waals surface area contributed by atoms with Crippen molar-refractivity contribution in [1.82, 2.24) is 4.90 Å². The molecule has 1 aromatic carbocycles. The first-order chi connectivity index (χ1) is 7.67. The molecule has 88 valence electrons. The van der Waals surface area contributed by atoms with E-state index in [4.69, 9.17) is 4.74 Å². The third-order valence-electron chi connectivity index (χ3n) is 2.60. The van der Waals surface area contributed by atoms with Crippen molar-refractivity contribution in [3.8, 4) is 0 Å². The van der Waals surface area contributed by atoms with E-state index in [1.165, 1.54) is 10.8 Å². The second-order valence-electron chi connectivity index (χ2n) is 4.29. The Morgan fingerprint density at radius 3 is 2.38 bits per heavy atom. The van der Waals surface area contributed by atoms with Crippen LogP contribution in [-0.4, -0.2) is 47.3 Å². The van der Waals surface area contributed by atoms with Gasteiger partial charge in [-0.1, -0.05) is 42.1 Å². The first-order valence-corrected chi connectivity index (χ1v) is 7.74. The van der Waals surface area contributed by atoms with Crippen LogP contribution in [0.15, 0.2) is 30.8 Å². The molecule has 1 unspecified atom stereocenters. The lowest BCUT2D eigenvalue weighted by molar-refractivity contribution is 0.247. The topological polar surface area (TPSA) is 12.5 Å². The lowest BCUT2D eigenvalue weighted by Crippen LogP contribution is -2.44. The molecule has 3 heteroatoms. The number of benzene rings is 1. The van der Waals surface area contributed by atoms with Gasteiger partial charge in [-0.25, -0.2) is 0 Å². The summed E-state index contributed by atoms with van der Waals surface area (Å²) < 4.78 is 5.33. The fraction of sp³-hybridized carbons (Fsp3) is 0.385. The fourth-order valence-electron chi connectivity index (χ4n) is 1.80. The van der Waals surface area contributed by atoms with E-state index in [0.717, 1.165) is 12.4 Å². The summed E-state index contributed by atoms with van der Waals surface area (Å²) in [4.78, 5) is 2.25. The first-order valence-electron chi connectivity index (χ1n) is 5.53. The Bertz CT molecular complexity index is 321. The number of methoxy groups -OCH3 is 1. The predicted octanol–water partition coefficient (Wildman–Crippen LogP) is 1.05. The minimum absolute atomic E-state index is 0.894. The summed E-state index contributed by atoms with van der Waals surface area (Å²) in [6, 6.07) is 8.70. The van der Waals surface area contributed by atoms with Gasteiger partial charge in [0.15, 0.2) is 0 Å². The lowest BCUT2D eigenvalue weighted by atomic mass is 10.2. The van der Waals surface area contributed by atoms with Crippen LogP contribution in [0, 0.1) is 0 Å². The number of ether oxygens (including phenoxy) is 1.